The van der Waals surface area contributed by atoms with Gasteiger partial charge in [-0.1, -0.05) is 36.4 Å². The third-order valence-corrected chi connectivity index (χ3v) is 14.3. The van der Waals surface area contributed by atoms with E-state index in [-0.39, 0.29) is 44.0 Å². The zero-order valence-electron chi connectivity index (χ0n) is 34.5. The number of hydrogen-bond acceptors (Lipinski definition) is 13. The van der Waals surface area contributed by atoms with E-state index in [2.05, 4.69) is 20.2 Å². The van der Waals surface area contributed by atoms with E-state index in [1.165, 1.54) is 40.2 Å². The van der Waals surface area contributed by atoms with Crippen LogP contribution in [0.4, 0.5) is 4.79 Å². The zero-order chi connectivity index (χ0) is 44.1. The lowest BCUT2D eigenvalue weighted by molar-refractivity contribution is 0.0174. The van der Waals surface area contributed by atoms with Crippen LogP contribution in [0.15, 0.2) is 94.7 Å². The molecule has 6 rings (SSSR count). The van der Waals surface area contributed by atoms with Crippen LogP contribution in [0, 0.1) is 3.57 Å². The summed E-state index contributed by atoms with van der Waals surface area (Å²) in [7, 11) is -4.94. The molecule has 2 N–H and O–H groups in total. The molecule has 1 aliphatic heterocycles. The minimum atomic E-state index is -4.82. The summed E-state index contributed by atoms with van der Waals surface area (Å²) in [4.78, 5) is 13.3. The average molecular weight is 990 g/mol. The Morgan fingerprint density at radius 2 is 1.36 bits per heavy atom. The second-order valence-electron chi connectivity index (χ2n) is 15.3. The number of aliphatic hydroxyl groups is 1. The number of nitrogens with zero attached hydrogens (tertiary/aromatic N) is 6. The number of halogens is 1. The topological polar surface area (TPSA) is 205 Å². The number of carbonyl (C=O) groups excluding carboxylic acids is 1. The van der Waals surface area contributed by atoms with E-state index in [0.717, 1.165) is 5.56 Å². The highest BCUT2D eigenvalue weighted by Gasteiger charge is 2.42. The molecule has 0 saturated carbocycles. The van der Waals surface area contributed by atoms with E-state index in [0.29, 0.717) is 31.9 Å². The van der Waals surface area contributed by atoms with Gasteiger partial charge in [-0.05, 0) is 125 Å². The first kappa shape index (κ1) is 45.7. The van der Waals surface area contributed by atoms with Crippen molar-refractivity contribution in [3.8, 4) is 28.6 Å². The van der Waals surface area contributed by atoms with Crippen molar-refractivity contribution in [3.63, 3.8) is 0 Å². The van der Waals surface area contributed by atoms with Crippen LogP contribution in [-0.4, -0.2) is 110 Å². The van der Waals surface area contributed by atoms with E-state index in [1.54, 1.807) is 88.5 Å². The van der Waals surface area contributed by atoms with Crippen LogP contribution in [0.5, 0.6) is 17.2 Å². The van der Waals surface area contributed by atoms with E-state index < -0.39 is 60.2 Å². The summed E-state index contributed by atoms with van der Waals surface area (Å²) >= 11 is 1.96. The summed E-state index contributed by atoms with van der Waals surface area (Å²) in [6, 6.07) is 22.0. The average Bonchev–Trinajstić information content (AvgIpc) is 3.86. The molecule has 0 bridgehead atoms. The monoisotopic (exact) mass is 989 g/mol. The van der Waals surface area contributed by atoms with Crippen molar-refractivity contribution < 1.29 is 45.7 Å². The van der Waals surface area contributed by atoms with Crippen LogP contribution in [0.2, 0.25) is 0 Å². The smallest absolute Gasteiger partial charge is 0.410 e. The molecule has 5 aromatic rings. The molecule has 0 radical (unpaired) electrons. The van der Waals surface area contributed by atoms with E-state index >= 15 is 8.42 Å². The Morgan fingerprint density at radius 3 is 1.85 bits per heavy atom. The minimum Gasteiger partial charge on any atom is -0.497 e. The van der Waals surface area contributed by atoms with Gasteiger partial charge in [0, 0.05) is 29.2 Å². The van der Waals surface area contributed by atoms with Crippen LogP contribution in [-0.2, 0) is 44.4 Å². The first-order valence-corrected chi connectivity index (χ1v) is 23.1. The number of rotatable bonds is 16. The van der Waals surface area contributed by atoms with Crippen molar-refractivity contribution in [3.05, 3.63) is 105 Å². The molecule has 1 aliphatic rings. The number of hydrogen-bond donors (Lipinski definition) is 2. The summed E-state index contributed by atoms with van der Waals surface area (Å²) in [6.45, 7) is 4.27. The molecule has 61 heavy (non-hydrogen) atoms. The number of carbonyl (C=O) groups is 1. The predicted molar refractivity (Wildman–Crippen MR) is 233 cm³/mol. The third kappa shape index (κ3) is 10.8. The lowest BCUT2D eigenvalue weighted by atomic mass is 10.2. The molecule has 1 fully saturated rings. The molecule has 17 nitrogen and oxygen atoms in total. The van der Waals surface area contributed by atoms with E-state index in [4.69, 9.17) is 18.9 Å². The SMILES string of the molecule is COc1ccc(CN(Cc2ccc(OC)cc2)S(=O)(=O)c2c(S(=O)(=O)N[C@@H]3C[C@@H](CO)N(C(=O)OC(C)(C)C)C3)ccc(I)c2-c2nnnn2Cc2ccc(OC)cc2)cc1. The Morgan fingerprint density at radius 1 is 0.836 bits per heavy atom. The Balaban J connectivity index is 1.51. The lowest BCUT2D eigenvalue weighted by Gasteiger charge is -2.27. The van der Waals surface area contributed by atoms with Crippen molar-refractivity contribution >= 4 is 48.7 Å². The number of methoxy groups -OCH3 is 3. The summed E-state index contributed by atoms with van der Waals surface area (Å²) in [5, 5.41) is 22.6. The lowest BCUT2D eigenvalue weighted by Crippen LogP contribution is -2.43. The fourth-order valence-electron chi connectivity index (χ4n) is 6.84. The van der Waals surface area contributed by atoms with Gasteiger partial charge in [0.25, 0.3) is 0 Å². The second-order valence-corrected chi connectivity index (χ2v) is 20.0. The number of nitrogens with one attached hydrogen (secondary N) is 1. The Kier molecular flexibility index (Phi) is 14.2. The summed E-state index contributed by atoms with van der Waals surface area (Å²) in [6.07, 6.45) is -0.681. The second kappa shape index (κ2) is 19.0. The number of aliphatic hydroxyl groups excluding tert-OH is 1. The molecule has 20 heteroatoms. The van der Waals surface area contributed by atoms with Crippen LogP contribution in [0.25, 0.3) is 11.4 Å². The van der Waals surface area contributed by atoms with Crippen molar-refractivity contribution in [2.75, 3.05) is 34.5 Å². The van der Waals surface area contributed by atoms with Crippen LogP contribution >= 0.6 is 22.6 Å². The van der Waals surface area contributed by atoms with Gasteiger partial charge < -0.3 is 29.0 Å². The summed E-state index contributed by atoms with van der Waals surface area (Å²) in [5.41, 5.74) is 1.07. The first-order chi connectivity index (χ1) is 29.0. The first-order valence-electron chi connectivity index (χ1n) is 19.1. The van der Waals surface area contributed by atoms with Gasteiger partial charge in [0.2, 0.25) is 20.0 Å². The van der Waals surface area contributed by atoms with Crippen LogP contribution < -0.4 is 18.9 Å². The standard InChI is InChI=1S/C41H48IN7O10S2/c1-41(2,3)59-40(51)48-25-30(21-31(48)26-50)44-60(52,53)36-20-19-35(42)37(39-43-45-46-49(39)24-29-11-17-34(58-6)18-12-29)38(36)61(54,55)47(22-27-7-13-32(56-4)14-8-27)23-28-9-15-33(57-5)16-10-28/h7-20,30-31,44,50H,21-26H2,1-6H3/t30-,31+/m1/s1. The maximum absolute atomic E-state index is 15.7. The highest BCUT2D eigenvalue weighted by atomic mass is 127. The molecule has 4 aromatic carbocycles. The van der Waals surface area contributed by atoms with Crippen molar-refractivity contribution in [2.45, 2.75) is 74.3 Å². The normalized spacial score (nSPS) is 15.9. The van der Waals surface area contributed by atoms with Gasteiger partial charge in [-0.3, -0.25) is 0 Å². The number of sulfonamides is 2. The molecule has 2 heterocycles. The minimum absolute atomic E-state index is 0.00185. The number of tetrazole rings is 1. The van der Waals surface area contributed by atoms with Gasteiger partial charge in [-0.25, -0.2) is 31.0 Å². The van der Waals surface area contributed by atoms with Crippen LogP contribution in [0.1, 0.15) is 43.9 Å². The molecule has 0 aliphatic carbocycles. The molecule has 2 atom stereocenters. The Bertz CT molecular complexity index is 2480. The van der Waals surface area contributed by atoms with Gasteiger partial charge in [0.05, 0.1) is 46.1 Å². The van der Waals surface area contributed by atoms with E-state index in [1.807, 2.05) is 34.7 Å². The van der Waals surface area contributed by atoms with Gasteiger partial charge in [0.1, 0.15) is 32.6 Å². The molecule has 1 amide bonds. The number of benzene rings is 4. The van der Waals surface area contributed by atoms with Gasteiger partial charge >= 0.3 is 6.09 Å². The zero-order valence-corrected chi connectivity index (χ0v) is 38.3. The third-order valence-electron chi connectivity index (χ3n) is 9.82. The molecular weight excluding hydrogens is 942 g/mol. The van der Waals surface area contributed by atoms with Crippen molar-refractivity contribution in [2.24, 2.45) is 0 Å². The molecule has 0 unspecified atom stereocenters. The number of ether oxygens (including phenoxy) is 4. The number of aromatic nitrogens is 4. The fourth-order valence-corrected chi connectivity index (χ4v) is 11.4. The molecule has 326 valence electrons. The molecular formula is C41H48IN7O10S2. The quantitative estimate of drug-likeness (QED) is 0.124. The molecule has 1 saturated heterocycles. The predicted octanol–water partition coefficient (Wildman–Crippen LogP) is 5.06. The molecule has 1 aromatic heterocycles. The van der Waals surface area contributed by atoms with E-state index in [9.17, 15) is 18.3 Å². The molecule has 0 spiro atoms. The summed E-state index contributed by atoms with van der Waals surface area (Å²) < 4.78 is 88.1. The van der Waals surface area contributed by atoms with Crippen molar-refractivity contribution in [1.29, 1.82) is 0 Å². The Labute approximate surface area is 369 Å². The van der Waals surface area contributed by atoms with Gasteiger partial charge in [0.15, 0.2) is 5.82 Å². The van der Waals surface area contributed by atoms with Gasteiger partial charge in [-0.15, -0.1) is 5.10 Å². The number of likely N-dealkylation sites (tertiary alicyclic amines) is 1. The maximum atomic E-state index is 15.7. The largest absolute Gasteiger partial charge is 0.497 e. The van der Waals surface area contributed by atoms with Gasteiger partial charge in [-0.2, -0.15) is 4.31 Å². The maximum Gasteiger partial charge on any atom is 0.410 e. The highest BCUT2D eigenvalue weighted by Crippen LogP contribution is 2.39. The van der Waals surface area contributed by atoms with Crippen molar-refractivity contribution in [1.82, 2.24) is 34.1 Å². The van der Waals surface area contributed by atoms with Crippen LogP contribution in [0.3, 0.4) is 0 Å². The summed E-state index contributed by atoms with van der Waals surface area (Å²) in [5.74, 6) is 1.76. The number of amides is 1. The Hall–Kier alpha value is -4.87. The fraction of sp³-hybridized carbons (Fsp3) is 0.366. The highest BCUT2D eigenvalue weighted by molar-refractivity contribution is 14.1.